The topological polar surface area (TPSA) is 102 Å². The molecule has 19 rings (SSSR count). The number of benzene rings is 14. The molecule has 0 unspecified atom stereocenters. The highest BCUT2D eigenvalue weighted by Crippen LogP contribution is 2.43. The SMILES string of the molecule is CC1(C)OB(c2cccc(-n3c4ccccc4c4cc(C#N)ccc43)c2)OC1(C)C.Clc1c2ccc3ccccc3c2nc2c1ccc1ccccc12.N#Cc1ccc2c(c1)c1ccccc1n2-c1cccc(-c2c3ccc4ccccc4c3nc3c2ccc2ccccc23)c1. The average Bonchev–Trinajstić information content (AvgIpc) is 1.12. The fraction of sp³-hybridized carbons (Fsp3) is 0.0698. The summed E-state index contributed by atoms with van der Waals surface area (Å²) in [5.41, 5.74) is 14.3. The molecule has 0 radical (unpaired) electrons. The third-order valence-electron chi connectivity index (χ3n) is 19.7. The van der Waals surface area contributed by atoms with Crippen molar-refractivity contribution in [3.8, 4) is 34.6 Å². The normalized spacial score (nSPS) is 13.5. The van der Waals surface area contributed by atoms with E-state index in [1.54, 1.807) is 0 Å². The number of halogens is 1. The fourth-order valence-corrected chi connectivity index (χ4v) is 14.6. The van der Waals surface area contributed by atoms with Crippen LogP contribution in [0.3, 0.4) is 0 Å². The van der Waals surface area contributed by atoms with Gasteiger partial charge in [-0.05, 0) is 133 Å². The third-order valence-corrected chi connectivity index (χ3v) is 20.1. The number of aromatic nitrogens is 4. The largest absolute Gasteiger partial charge is 0.494 e. The van der Waals surface area contributed by atoms with E-state index < -0.39 is 7.12 Å². The lowest BCUT2D eigenvalue weighted by atomic mass is 9.79. The molecule has 0 amide bonds. The van der Waals surface area contributed by atoms with Crippen LogP contribution in [-0.4, -0.2) is 37.4 Å². The molecule has 0 spiro atoms. The number of hydrogen-bond donors (Lipinski definition) is 0. The Morgan fingerprint density at radius 1 is 0.344 bits per heavy atom. The molecule has 1 fully saturated rings. The zero-order chi connectivity index (χ0) is 65.0. The lowest BCUT2D eigenvalue weighted by molar-refractivity contribution is 0.00578. The molecule has 0 aliphatic carbocycles. The maximum Gasteiger partial charge on any atom is 0.494 e. The van der Waals surface area contributed by atoms with Crippen molar-refractivity contribution in [3.05, 3.63) is 295 Å². The van der Waals surface area contributed by atoms with Crippen molar-refractivity contribution in [1.82, 2.24) is 19.1 Å². The lowest BCUT2D eigenvalue weighted by Crippen LogP contribution is -2.41. The standard InChI is InChI=1S/C40H23N3.C25H23BN2O2.C21H12ClN/c41-24-25-16-21-37-35(22-25)32-14-5-6-15-36(32)43(37)29-11-7-10-28(23-29)38-33-19-17-26-8-1-3-12-30(26)39(33)42-40-31-13-4-2-9-27(31)18-20-34(38)40;1-24(2)25(3,4)30-26(29-24)18-8-7-9-19(15-18)28-22-11-6-5-10-20(22)21-14-17(16-27)12-13-23(21)28;22-19-17-11-9-13-5-1-3-7-15(13)20(17)23-21-16-8-4-2-6-14(16)10-12-18(19)21/h1-23H;5-15H,1-4H3;1-12H. The second-order valence-corrected chi connectivity index (χ2v) is 26.1. The summed E-state index contributed by atoms with van der Waals surface area (Å²) in [6.45, 7) is 8.26. The van der Waals surface area contributed by atoms with Crippen LogP contribution in [-0.2, 0) is 9.31 Å². The molecule has 8 nitrogen and oxygen atoms in total. The first-order valence-electron chi connectivity index (χ1n) is 32.3. The van der Waals surface area contributed by atoms with Gasteiger partial charge < -0.3 is 18.4 Å². The maximum absolute atomic E-state index is 9.60. The van der Waals surface area contributed by atoms with Gasteiger partial charge in [-0.1, -0.05) is 218 Å². The Balaban J connectivity index is 0.000000115. The number of para-hydroxylation sites is 2. The van der Waals surface area contributed by atoms with Crippen molar-refractivity contribution in [1.29, 1.82) is 10.5 Å². The molecule has 0 atom stereocenters. The highest BCUT2D eigenvalue weighted by molar-refractivity contribution is 6.62. The number of nitrogens with zero attached hydrogens (tertiary/aromatic N) is 6. The predicted octanol–water partition coefficient (Wildman–Crippen LogP) is 21.6. The minimum atomic E-state index is -0.409. The number of hydrogen-bond acceptors (Lipinski definition) is 6. The predicted molar refractivity (Wildman–Crippen MR) is 399 cm³/mol. The minimum absolute atomic E-state index is 0.381. The summed E-state index contributed by atoms with van der Waals surface area (Å²) in [7, 11) is -0.409. The molecule has 1 aliphatic rings. The summed E-state index contributed by atoms with van der Waals surface area (Å²) >= 11 is 6.74. The van der Waals surface area contributed by atoms with Gasteiger partial charge in [0.15, 0.2) is 0 Å². The van der Waals surface area contributed by atoms with Crippen LogP contribution in [0.25, 0.3) is 153 Å². The van der Waals surface area contributed by atoms with Gasteiger partial charge in [-0.2, -0.15) is 10.5 Å². The van der Waals surface area contributed by atoms with Gasteiger partial charge in [0.25, 0.3) is 0 Å². The van der Waals surface area contributed by atoms with Crippen molar-refractivity contribution < 1.29 is 9.31 Å². The zero-order valence-corrected chi connectivity index (χ0v) is 53.8. The summed E-state index contributed by atoms with van der Waals surface area (Å²) in [6.07, 6.45) is 0. The van der Waals surface area contributed by atoms with Crippen molar-refractivity contribution in [2.75, 3.05) is 0 Å². The molecule has 1 aliphatic heterocycles. The maximum atomic E-state index is 9.60. The Labute approximate surface area is 558 Å². The number of fused-ring (bicyclic) bond motifs is 18. The van der Waals surface area contributed by atoms with E-state index in [-0.39, 0.29) is 11.2 Å². The quantitative estimate of drug-likeness (QED) is 0.0988. The van der Waals surface area contributed by atoms with Gasteiger partial charge in [-0.3, -0.25) is 0 Å². The van der Waals surface area contributed by atoms with Gasteiger partial charge in [0.2, 0.25) is 0 Å². The van der Waals surface area contributed by atoms with Crippen LogP contribution in [0.4, 0.5) is 0 Å². The molecule has 10 heteroatoms. The Kier molecular flexibility index (Phi) is 13.8. The average molecular weight is 1250 g/mol. The van der Waals surface area contributed by atoms with Crippen molar-refractivity contribution in [3.63, 3.8) is 0 Å². The van der Waals surface area contributed by atoms with E-state index >= 15 is 0 Å². The second-order valence-electron chi connectivity index (χ2n) is 25.8. The van der Waals surface area contributed by atoms with Gasteiger partial charge in [0.05, 0.1) is 83.6 Å². The van der Waals surface area contributed by atoms with Gasteiger partial charge in [-0.25, -0.2) is 9.97 Å². The number of rotatable bonds is 4. The molecule has 4 aromatic heterocycles. The van der Waals surface area contributed by atoms with Gasteiger partial charge in [0.1, 0.15) is 0 Å². The third kappa shape index (κ3) is 9.50. The van der Waals surface area contributed by atoms with E-state index in [9.17, 15) is 10.5 Å². The molecule has 14 aromatic carbocycles. The summed E-state index contributed by atoms with van der Waals surface area (Å²) in [5, 5.41) is 37.8. The van der Waals surface area contributed by atoms with E-state index in [0.29, 0.717) is 11.1 Å². The van der Waals surface area contributed by atoms with Crippen molar-refractivity contribution in [2.24, 2.45) is 0 Å². The molecule has 5 heterocycles. The van der Waals surface area contributed by atoms with Crippen LogP contribution >= 0.6 is 11.6 Å². The first-order valence-corrected chi connectivity index (χ1v) is 32.6. The Morgan fingerprint density at radius 2 is 0.708 bits per heavy atom. The van der Waals surface area contributed by atoms with E-state index in [1.807, 2.05) is 78.9 Å². The van der Waals surface area contributed by atoms with E-state index in [1.165, 1.54) is 27.1 Å². The molecular weight excluding hydrogens is 1200 g/mol. The molecule has 0 N–H and O–H groups in total. The summed E-state index contributed by atoms with van der Waals surface area (Å²) < 4.78 is 17.1. The molecule has 1 saturated heterocycles. The minimum Gasteiger partial charge on any atom is -0.399 e. The first kappa shape index (κ1) is 58.2. The van der Waals surface area contributed by atoms with Gasteiger partial charge >= 0.3 is 7.12 Å². The van der Waals surface area contributed by atoms with Crippen LogP contribution in [0.5, 0.6) is 0 Å². The van der Waals surface area contributed by atoms with E-state index in [0.717, 1.165) is 136 Å². The van der Waals surface area contributed by atoms with Crippen LogP contribution in [0, 0.1) is 22.7 Å². The van der Waals surface area contributed by atoms with Gasteiger partial charge in [-0.15, -0.1) is 0 Å². The second kappa shape index (κ2) is 22.8. The number of nitriles is 2. The van der Waals surface area contributed by atoms with Crippen molar-refractivity contribution in [2.45, 2.75) is 38.9 Å². The Hall–Kier alpha value is -11.7. The molecule has 454 valence electrons. The highest BCUT2D eigenvalue weighted by Gasteiger charge is 2.51. The lowest BCUT2D eigenvalue weighted by Gasteiger charge is -2.32. The number of pyridine rings is 2. The molecular formula is C86H58BClN6O2. The van der Waals surface area contributed by atoms with Crippen LogP contribution in [0.2, 0.25) is 5.02 Å². The van der Waals surface area contributed by atoms with E-state index in [4.69, 9.17) is 30.9 Å². The first-order chi connectivity index (χ1) is 46.9. The van der Waals surface area contributed by atoms with Crippen LogP contribution in [0.1, 0.15) is 38.8 Å². The van der Waals surface area contributed by atoms with E-state index in [2.05, 4.69) is 249 Å². The summed E-state index contributed by atoms with van der Waals surface area (Å²) in [6, 6.07) is 101. The fourth-order valence-electron chi connectivity index (χ4n) is 14.3. The molecule has 96 heavy (non-hydrogen) atoms. The summed E-state index contributed by atoms with van der Waals surface area (Å²) in [4.78, 5) is 10.4. The van der Waals surface area contributed by atoms with Crippen LogP contribution in [0.15, 0.2) is 279 Å². The Morgan fingerprint density at radius 3 is 1.15 bits per heavy atom. The smallest absolute Gasteiger partial charge is 0.399 e. The molecule has 0 saturated carbocycles. The van der Waals surface area contributed by atoms with Crippen molar-refractivity contribution >= 4 is 154 Å². The summed E-state index contributed by atoms with van der Waals surface area (Å²) in [5.74, 6) is 0. The zero-order valence-electron chi connectivity index (χ0n) is 53.0. The monoisotopic (exact) mass is 1250 g/mol. The van der Waals surface area contributed by atoms with Crippen LogP contribution < -0.4 is 5.46 Å². The molecule has 18 aromatic rings. The molecule has 0 bridgehead atoms. The highest BCUT2D eigenvalue weighted by atomic mass is 35.5. The van der Waals surface area contributed by atoms with Gasteiger partial charge in [0, 0.05) is 81.6 Å². The Bertz CT molecular complexity index is 6170.